The summed E-state index contributed by atoms with van der Waals surface area (Å²) in [6.45, 7) is 1.58. The minimum absolute atomic E-state index is 0.148. The molecule has 0 unspecified atom stereocenters. The van der Waals surface area contributed by atoms with Crippen molar-refractivity contribution < 1.29 is 14.2 Å². The zero-order chi connectivity index (χ0) is 11.9. The molecule has 0 amide bonds. The molecule has 1 aliphatic carbocycles. The fraction of sp³-hybridized carbons (Fsp3) is 0.538. The minimum atomic E-state index is 0.148. The molecule has 3 rings (SSSR count). The molecule has 0 saturated heterocycles. The van der Waals surface area contributed by atoms with Crippen LogP contribution in [0.1, 0.15) is 24.0 Å². The zero-order valence-electron chi connectivity index (χ0n) is 9.99. The molecule has 0 atom stereocenters. The second kappa shape index (κ2) is 3.89. The van der Waals surface area contributed by atoms with E-state index in [0.717, 1.165) is 24.3 Å². The summed E-state index contributed by atoms with van der Waals surface area (Å²) in [5, 5.41) is 0. The molecule has 0 bridgehead atoms. The van der Waals surface area contributed by atoms with Crippen LogP contribution in [0.15, 0.2) is 12.1 Å². The third kappa shape index (κ3) is 1.68. The van der Waals surface area contributed by atoms with Gasteiger partial charge in [-0.2, -0.15) is 0 Å². The van der Waals surface area contributed by atoms with Crippen LogP contribution < -0.4 is 15.2 Å². The van der Waals surface area contributed by atoms with E-state index in [0.29, 0.717) is 19.9 Å². The standard InChI is InChI=1S/C13H17NO3/c1-15-6-9-4-11-12(17-8-16-11)5-10(9)13(7-14)2-3-13/h4-5H,2-3,6-8,14H2,1H3. The lowest BCUT2D eigenvalue weighted by molar-refractivity contribution is 0.173. The van der Waals surface area contributed by atoms with Crippen LogP contribution in [0.25, 0.3) is 0 Å². The van der Waals surface area contributed by atoms with Crippen molar-refractivity contribution in [3.8, 4) is 11.5 Å². The first-order chi connectivity index (χ1) is 8.29. The van der Waals surface area contributed by atoms with E-state index >= 15 is 0 Å². The van der Waals surface area contributed by atoms with Crippen LogP contribution >= 0.6 is 0 Å². The van der Waals surface area contributed by atoms with Crippen LogP contribution in [0.4, 0.5) is 0 Å². The predicted molar refractivity (Wildman–Crippen MR) is 63.2 cm³/mol. The van der Waals surface area contributed by atoms with Gasteiger partial charge in [-0.15, -0.1) is 0 Å². The van der Waals surface area contributed by atoms with Gasteiger partial charge in [0.1, 0.15) is 0 Å². The Bertz CT molecular complexity index is 441. The first kappa shape index (κ1) is 10.9. The Morgan fingerprint density at radius 2 is 2.00 bits per heavy atom. The van der Waals surface area contributed by atoms with Gasteiger partial charge in [0, 0.05) is 19.1 Å². The third-order valence-corrected chi connectivity index (χ3v) is 3.71. The summed E-state index contributed by atoms with van der Waals surface area (Å²) in [4.78, 5) is 0. The van der Waals surface area contributed by atoms with Gasteiger partial charge in [-0.3, -0.25) is 0 Å². The molecule has 2 aliphatic rings. The van der Waals surface area contributed by atoms with E-state index in [-0.39, 0.29) is 5.41 Å². The summed E-state index contributed by atoms with van der Waals surface area (Å²) in [6, 6.07) is 4.10. The number of fused-ring (bicyclic) bond motifs is 1. The third-order valence-electron chi connectivity index (χ3n) is 3.71. The predicted octanol–water partition coefficient (Wildman–Crippen LogP) is 1.55. The van der Waals surface area contributed by atoms with Crippen molar-refractivity contribution in [3.05, 3.63) is 23.3 Å². The first-order valence-electron chi connectivity index (χ1n) is 5.91. The second-order valence-electron chi connectivity index (χ2n) is 4.78. The quantitative estimate of drug-likeness (QED) is 0.860. The Balaban J connectivity index is 2.05. The van der Waals surface area contributed by atoms with Crippen LogP contribution in [0.2, 0.25) is 0 Å². The Labute approximate surface area is 101 Å². The van der Waals surface area contributed by atoms with Gasteiger partial charge in [0.2, 0.25) is 6.79 Å². The largest absolute Gasteiger partial charge is 0.454 e. The molecule has 0 radical (unpaired) electrons. The normalized spacial score (nSPS) is 19.4. The van der Waals surface area contributed by atoms with Crippen LogP contribution in [0, 0.1) is 0 Å². The van der Waals surface area contributed by atoms with Gasteiger partial charge in [0.15, 0.2) is 11.5 Å². The molecule has 2 N–H and O–H groups in total. The number of rotatable bonds is 4. The SMILES string of the molecule is COCc1cc2c(cc1C1(CN)CC1)OCO2. The Morgan fingerprint density at radius 3 is 2.59 bits per heavy atom. The molecule has 1 aromatic carbocycles. The van der Waals surface area contributed by atoms with Crippen molar-refractivity contribution in [2.45, 2.75) is 24.9 Å². The highest BCUT2D eigenvalue weighted by Crippen LogP contribution is 2.51. The number of methoxy groups -OCH3 is 1. The van der Waals surface area contributed by atoms with E-state index in [2.05, 4.69) is 6.07 Å². The summed E-state index contributed by atoms with van der Waals surface area (Å²) in [5.41, 5.74) is 8.48. The lowest BCUT2D eigenvalue weighted by Crippen LogP contribution is -2.21. The van der Waals surface area contributed by atoms with Crippen molar-refractivity contribution in [2.75, 3.05) is 20.4 Å². The summed E-state index contributed by atoms with van der Waals surface area (Å²) in [6.07, 6.45) is 2.31. The average Bonchev–Trinajstić information content (AvgIpc) is 3.01. The zero-order valence-corrected chi connectivity index (χ0v) is 9.99. The van der Waals surface area contributed by atoms with E-state index < -0.39 is 0 Å². The van der Waals surface area contributed by atoms with Crippen molar-refractivity contribution in [1.29, 1.82) is 0 Å². The number of hydrogen-bond acceptors (Lipinski definition) is 4. The van der Waals surface area contributed by atoms with Crippen molar-refractivity contribution >= 4 is 0 Å². The molecular formula is C13H17NO3. The van der Waals surface area contributed by atoms with Gasteiger partial charge >= 0.3 is 0 Å². The van der Waals surface area contributed by atoms with Crippen LogP contribution in [0.3, 0.4) is 0 Å². The minimum Gasteiger partial charge on any atom is -0.454 e. The fourth-order valence-electron chi connectivity index (χ4n) is 2.49. The second-order valence-corrected chi connectivity index (χ2v) is 4.78. The molecule has 4 heteroatoms. The molecular weight excluding hydrogens is 218 g/mol. The Morgan fingerprint density at radius 1 is 1.29 bits per heavy atom. The van der Waals surface area contributed by atoms with Crippen molar-refractivity contribution in [1.82, 2.24) is 0 Å². The smallest absolute Gasteiger partial charge is 0.231 e. The van der Waals surface area contributed by atoms with Gasteiger partial charge in [-0.25, -0.2) is 0 Å². The highest BCUT2D eigenvalue weighted by Gasteiger charge is 2.45. The number of nitrogens with two attached hydrogens (primary N) is 1. The van der Waals surface area contributed by atoms with Gasteiger partial charge in [0.05, 0.1) is 6.61 Å². The van der Waals surface area contributed by atoms with Crippen LogP contribution in [-0.2, 0) is 16.8 Å². The van der Waals surface area contributed by atoms with Crippen LogP contribution in [-0.4, -0.2) is 20.4 Å². The Hall–Kier alpha value is -1.26. The molecule has 1 heterocycles. The Kier molecular flexibility index (Phi) is 2.49. The molecule has 1 fully saturated rings. The van der Waals surface area contributed by atoms with E-state index in [1.54, 1.807) is 7.11 Å². The molecule has 92 valence electrons. The monoisotopic (exact) mass is 235 g/mol. The van der Waals surface area contributed by atoms with Gasteiger partial charge in [-0.05, 0) is 36.1 Å². The highest BCUT2D eigenvalue weighted by atomic mass is 16.7. The topological polar surface area (TPSA) is 53.7 Å². The molecule has 1 aromatic rings. The van der Waals surface area contributed by atoms with Crippen molar-refractivity contribution in [3.63, 3.8) is 0 Å². The first-order valence-corrected chi connectivity index (χ1v) is 5.91. The van der Waals surface area contributed by atoms with Gasteiger partial charge in [0.25, 0.3) is 0 Å². The molecule has 0 spiro atoms. The van der Waals surface area contributed by atoms with Crippen LogP contribution in [0.5, 0.6) is 11.5 Å². The summed E-state index contributed by atoms with van der Waals surface area (Å²) in [5.74, 6) is 1.65. The van der Waals surface area contributed by atoms with E-state index in [4.69, 9.17) is 19.9 Å². The molecule has 0 aromatic heterocycles. The number of hydrogen-bond donors (Lipinski definition) is 1. The summed E-state index contributed by atoms with van der Waals surface area (Å²) < 4.78 is 16.1. The molecule has 4 nitrogen and oxygen atoms in total. The van der Waals surface area contributed by atoms with Gasteiger partial charge < -0.3 is 19.9 Å². The lowest BCUT2D eigenvalue weighted by atomic mass is 9.91. The molecule has 1 aliphatic heterocycles. The molecule has 1 saturated carbocycles. The molecule has 17 heavy (non-hydrogen) atoms. The van der Waals surface area contributed by atoms with E-state index in [1.165, 1.54) is 11.1 Å². The maximum Gasteiger partial charge on any atom is 0.231 e. The fourth-order valence-corrected chi connectivity index (χ4v) is 2.49. The summed E-state index contributed by atoms with van der Waals surface area (Å²) in [7, 11) is 1.70. The van der Waals surface area contributed by atoms with Gasteiger partial charge in [-0.1, -0.05) is 0 Å². The number of ether oxygens (including phenoxy) is 3. The summed E-state index contributed by atoms with van der Waals surface area (Å²) >= 11 is 0. The lowest BCUT2D eigenvalue weighted by Gasteiger charge is -2.18. The number of benzene rings is 1. The average molecular weight is 235 g/mol. The van der Waals surface area contributed by atoms with E-state index in [1.807, 2.05) is 6.07 Å². The van der Waals surface area contributed by atoms with E-state index in [9.17, 15) is 0 Å². The maximum atomic E-state index is 5.90. The highest BCUT2D eigenvalue weighted by molar-refractivity contribution is 5.52. The van der Waals surface area contributed by atoms with Crippen molar-refractivity contribution in [2.24, 2.45) is 5.73 Å². The maximum absolute atomic E-state index is 5.90.